The minimum absolute atomic E-state index is 0.0159. The molecule has 2 aromatic carbocycles. The van der Waals surface area contributed by atoms with Crippen LogP contribution in [0.1, 0.15) is 81.2 Å². The van der Waals surface area contributed by atoms with Gasteiger partial charge in [0.15, 0.2) is 0 Å². The highest BCUT2D eigenvalue weighted by Gasteiger charge is 2.44. The van der Waals surface area contributed by atoms with E-state index in [2.05, 4.69) is 4.74 Å². The van der Waals surface area contributed by atoms with E-state index in [4.69, 9.17) is 9.47 Å². The molecule has 8 nitrogen and oxygen atoms in total. The van der Waals surface area contributed by atoms with E-state index in [1.165, 1.54) is 17.9 Å². The van der Waals surface area contributed by atoms with Gasteiger partial charge in [-0.1, -0.05) is 0 Å². The van der Waals surface area contributed by atoms with Gasteiger partial charge in [-0.3, -0.25) is 14.5 Å². The standard InChI is InChI=1S/C33H35F9N2O6/c1-4-43(29(46)20-8-6-19(7-9-20)12-27(45)48-5-2)26-11-10-25(50-33(40,41)42)15-22(26)17-44-18(3)28(49-30(44)47)21-13-23(31(34,35)36)16-24(14-21)32(37,38)39/h10-11,13-16,18-20,28H,4-9,12,17H2,1-3H3/t18-,19-,20-,28-/m0/s1. The van der Waals surface area contributed by atoms with Crippen LogP contribution < -0.4 is 9.64 Å². The third kappa shape index (κ3) is 9.33. The Kier molecular flexibility index (Phi) is 11.6. The van der Waals surface area contributed by atoms with Crippen molar-refractivity contribution in [2.24, 2.45) is 11.8 Å². The molecule has 276 valence electrons. The molecule has 0 unspecified atom stereocenters. The number of halogens is 9. The number of alkyl halides is 9. The number of hydrogen-bond donors (Lipinski definition) is 0. The average molecular weight is 727 g/mol. The molecule has 0 N–H and O–H groups in total. The van der Waals surface area contributed by atoms with Crippen molar-refractivity contribution in [2.45, 2.75) is 90.3 Å². The monoisotopic (exact) mass is 726 g/mol. The Bertz CT molecular complexity index is 1520. The molecule has 1 aliphatic heterocycles. The third-order valence-corrected chi connectivity index (χ3v) is 8.79. The second-order valence-corrected chi connectivity index (χ2v) is 12.2. The molecule has 0 spiro atoms. The summed E-state index contributed by atoms with van der Waals surface area (Å²) in [5.74, 6) is -1.86. The molecule has 0 bridgehead atoms. The van der Waals surface area contributed by atoms with Crippen molar-refractivity contribution < 1.29 is 68.1 Å². The van der Waals surface area contributed by atoms with E-state index in [-0.39, 0.29) is 54.7 Å². The van der Waals surface area contributed by atoms with Gasteiger partial charge in [-0.25, -0.2) is 4.79 Å². The van der Waals surface area contributed by atoms with Gasteiger partial charge in [0.05, 0.1) is 30.3 Å². The van der Waals surface area contributed by atoms with Crippen LogP contribution >= 0.6 is 0 Å². The zero-order valence-corrected chi connectivity index (χ0v) is 27.2. The van der Waals surface area contributed by atoms with Crippen molar-refractivity contribution in [3.05, 3.63) is 58.7 Å². The van der Waals surface area contributed by atoms with Gasteiger partial charge in [-0.05, 0) is 99.9 Å². The highest BCUT2D eigenvalue weighted by atomic mass is 19.4. The first kappa shape index (κ1) is 38.6. The van der Waals surface area contributed by atoms with Crippen LogP contribution in [-0.2, 0) is 38.0 Å². The van der Waals surface area contributed by atoms with Gasteiger partial charge in [-0.2, -0.15) is 26.3 Å². The summed E-state index contributed by atoms with van der Waals surface area (Å²) in [6.07, 6.45) is -16.0. The lowest BCUT2D eigenvalue weighted by Crippen LogP contribution is -2.39. The van der Waals surface area contributed by atoms with Gasteiger partial charge < -0.3 is 19.1 Å². The number of carbonyl (C=O) groups is 3. The normalized spacial score (nSPS) is 21.5. The van der Waals surface area contributed by atoms with Gasteiger partial charge in [0, 0.05) is 24.6 Å². The molecule has 0 radical (unpaired) electrons. The molecule has 2 amide bonds. The van der Waals surface area contributed by atoms with E-state index < -0.39 is 71.9 Å². The number of rotatable bonds is 10. The maximum Gasteiger partial charge on any atom is 0.573 e. The zero-order chi connectivity index (χ0) is 37.2. The van der Waals surface area contributed by atoms with E-state index in [9.17, 15) is 53.9 Å². The Morgan fingerprint density at radius 2 is 1.50 bits per heavy atom. The maximum atomic E-state index is 13.8. The fraction of sp³-hybridized carbons (Fsp3) is 0.545. The second kappa shape index (κ2) is 15.0. The molecule has 1 heterocycles. The molecular formula is C33H35F9N2O6. The van der Waals surface area contributed by atoms with Gasteiger partial charge in [0.25, 0.3) is 0 Å². The molecule has 50 heavy (non-hydrogen) atoms. The van der Waals surface area contributed by atoms with Crippen LogP contribution in [0.25, 0.3) is 0 Å². The molecule has 2 aliphatic rings. The van der Waals surface area contributed by atoms with Crippen LogP contribution in [0.5, 0.6) is 5.75 Å². The molecular weight excluding hydrogens is 691 g/mol. The summed E-state index contributed by atoms with van der Waals surface area (Å²) in [6.45, 7) is 4.38. The Balaban J connectivity index is 1.63. The molecule has 2 aromatic rings. The molecule has 2 fully saturated rings. The van der Waals surface area contributed by atoms with E-state index in [1.54, 1.807) is 13.8 Å². The predicted molar refractivity (Wildman–Crippen MR) is 159 cm³/mol. The van der Waals surface area contributed by atoms with Crippen LogP contribution in [-0.4, -0.2) is 48.4 Å². The number of benzene rings is 2. The largest absolute Gasteiger partial charge is 0.573 e. The highest BCUT2D eigenvalue weighted by Crippen LogP contribution is 2.42. The number of ether oxygens (including phenoxy) is 3. The number of cyclic esters (lactones) is 1. The average Bonchev–Trinajstić information content (AvgIpc) is 3.29. The Hall–Kier alpha value is -4.18. The maximum absolute atomic E-state index is 13.8. The van der Waals surface area contributed by atoms with Crippen molar-refractivity contribution in [3.63, 3.8) is 0 Å². The molecule has 1 saturated heterocycles. The molecule has 17 heteroatoms. The smallest absolute Gasteiger partial charge is 0.466 e. The van der Waals surface area contributed by atoms with Crippen LogP contribution in [0.4, 0.5) is 50.0 Å². The van der Waals surface area contributed by atoms with Crippen molar-refractivity contribution in [2.75, 3.05) is 18.1 Å². The highest BCUT2D eigenvalue weighted by molar-refractivity contribution is 5.96. The number of anilines is 1. The third-order valence-electron chi connectivity index (χ3n) is 8.79. The Labute approximate surface area is 281 Å². The summed E-state index contributed by atoms with van der Waals surface area (Å²) in [5, 5.41) is 0. The SMILES string of the molecule is CCOC(=O)C[C@H]1CC[C@H](C(=O)N(CC)c2ccc(OC(F)(F)F)cc2CN2C(=O)O[C@H](c3cc(C(F)(F)F)cc(C(F)(F)F)c3)[C@@H]2C)CC1. The fourth-order valence-electron chi connectivity index (χ4n) is 6.37. The first-order valence-electron chi connectivity index (χ1n) is 15.8. The quantitative estimate of drug-likeness (QED) is 0.180. The van der Waals surface area contributed by atoms with E-state index in [0.717, 1.165) is 17.0 Å². The predicted octanol–water partition coefficient (Wildman–Crippen LogP) is 8.82. The van der Waals surface area contributed by atoms with Gasteiger partial charge in [0.2, 0.25) is 5.91 Å². The van der Waals surface area contributed by atoms with E-state index in [1.807, 2.05) is 0 Å². The van der Waals surface area contributed by atoms with Crippen LogP contribution in [0.3, 0.4) is 0 Å². The van der Waals surface area contributed by atoms with Gasteiger partial charge in [0.1, 0.15) is 11.9 Å². The molecule has 4 rings (SSSR count). The molecule has 0 aromatic heterocycles. The minimum atomic E-state index is -5.16. The minimum Gasteiger partial charge on any atom is -0.466 e. The van der Waals surface area contributed by atoms with Crippen LogP contribution in [0.15, 0.2) is 36.4 Å². The van der Waals surface area contributed by atoms with Crippen molar-refractivity contribution >= 4 is 23.7 Å². The fourth-order valence-corrected chi connectivity index (χ4v) is 6.37. The van der Waals surface area contributed by atoms with Crippen molar-refractivity contribution in [1.29, 1.82) is 0 Å². The van der Waals surface area contributed by atoms with Crippen molar-refractivity contribution in [3.8, 4) is 5.75 Å². The topological polar surface area (TPSA) is 85.4 Å². The number of hydrogen-bond acceptors (Lipinski definition) is 6. The van der Waals surface area contributed by atoms with E-state index >= 15 is 0 Å². The number of amides is 2. The lowest BCUT2D eigenvalue weighted by atomic mass is 9.80. The Morgan fingerprint density at radius 1 is 0.900 bits per heavy atom. The van der Waals surface area contributed by atoms with E-state index in [0.29, 0.717) is 37.8 Å². The summed E-state index contributed by atoms with van der Waals surface area (Å²) < 4.78 is 135. The summed E-state index contributed by atoms with van der Waals surface area (Å²) >= 11 is 0. The lowest BCUT2D eigenvalue weighted by molar-refractivity contribution is -0.274. The van der Waals surface area contributed by atoms with Crippen LogP contribution in [0, 0.1) is 11.8 Å². The second-order valence-electron chi connectivity index (χ2n) is 12.2. The summed E-state index contributed by atoms with van der Waals surface area (Å²) in [4.78, 5) is 41.0. The molecule has 1 saturated carbocycles. The molecule has 1 aliphatic carbocycles. The van der Waals surface area contributed by atoms with Gasteiger partial charge >= 0.3 is 30.8 Å². The summed E-state index contributed by atoms with van der Waals surface area (Å²) in [6, 6.07) is 2.75. The lowest BCUT2D eigenvalue weighted by Gasteiger charge is -2.33. The zero-order valence-electron chi connectivity index (χ0n) is 27.2. The number of carbonyl (C=O) groups excluding carboxylic acids is 3. The van der Waals surface area contributed by atoms with Crippen molar-refractivity contribution in [1.82, 2.24) is 4.90 Å². The number of nitrogens with zero attached hydrogens (tertiary/aromatic N) is 2. The first-order chi connectivity index (χ1) is 23.2. The first-order valence-corrected chi connectivity index (χ1v) is 15.8. The number of esters is 1. The summed E-state index contributed by atoms with van der Waals surface area (Å²) in [7, 11) is 0. The summed E-state index contributed by atoms with van der Waals surface area (Å²) in [5.41, 5.74) is -3.73. The van der Waals surface area contributed by atoms with Crippen LogP contribution in [0.2, 0.25) is 0 Å². The van der Waals surface area contributed by atoms with Gasteiger partial charge in [-0.15, -0.1) is 13.2 Å². The Morgan fingerprint density at radius 3 is 2.02 bits per heavy atom. The molecule has 2 atom stereocenters.